The molecule has 0 atom stereocenters. The van der Waals surface area contributed by atoms with Crippen molar-refractivity contribution in [3.63, 3.8) is 0 Å². The van der Waals surface area contributed by atoms with E-state index < -0.39 is 23.3 Å². The molecule has 2 rings (SSSR count). The molecule has 0 aliphatic heterocycles. The number of primary amides is 1. The molecule has 0 saturated carbocycles. The van der Waals surface area contributed by atoms with Crippen LogP contribution in [0.25, 0.3) is 0 Å². The van der Waals surface area contributed by atoms with Gasteiger partial charge in [0.1, 0.15) is 28.4 Å². The van der Waals surface area contributed by atoms with Gasteiger partial charge in [-0.2, -0.15) is 0 Å². The number of carbonyl (C=O) groups excluding carboxylic acids is 1. The van der Waals surface area contributed by atoms with E-state index in [1.54, 1.807) is 0 Å². The molecule has 1 amide bonds. The van der Waals surface area contributed by atoms with Crippen LogP contribution in [-0.4, -0.2) is 22.0 Å². The molecule has 0 aliphatic rings. The summed E-state index contributed by atoms with van der Waals surface area (Å²) in [6.45, 7) is 0. The lowest BCUT2D eigenvalue weighted by Crippen LogP contribution is -2.14. The summed E-state index contributed by atoms with van der Waals surface area (Å²) < 4.78 is 18.8. The number of hydrogen-bond acceptors (Lipinski definition) is 4. The molecule has 3 N–H and O–H groups in total. The molecule has 0 spiro atoms. The van der Waals surface area contributed by atoms with Gasteiger partial charge in [-0.3, -0.25) is 9.78 Å². The van der Waals surface area contributed by atoms with Crippen LogP contribution in [-0.2, 0) is 0 Å². The van der Waals surface area contributed by atoms with E-state index in [2.05, 4.69) is 4.98 Å². The van der Waals surface area contributed by atoms with E-state index in [-0.39, 0.29) is 17.1 Å². The minimum Gasteiger partial charge on any atom is -0.477 e. The van der Waals surface area contributed by atoms with Gasteiger partial charge in [-0.25, -0.2) is 9.18 Å². The molecule has 1 aromatic carbocycles. The van der Waals surface area contributed by atoms with Crippen molar-refractivity contribution in [3.05, 3.63) is 53.6 Å². The van der Waals surface area contributed by atoms with E-state index in [0.29, 0.717) is 0 Å². The molecule has 6 nitrogen and oxygen atoms in total. The van der Waals surface area contributed by atoms with E-state index >= 15 is 0 Å². The van der Waals surface area contributed by atoms with E-state index in [1.165, 1.54) is 24.4 Å². The number of benzene rings is 1. The first-order chi connectivity index (χ1) is 9.50. The Bertz CT molecular complexity index is 688. The highest BCUT2D eigenvalue weighted by atomic mass is 19.1. The number of hydrogen-bond donors (Lipinski definition) is 2. The highest BCUT2D eigenvalue weighted by Gasteiger charge is 2.18. The summed E-state index contributed by atoms with van der Waals surface area (Å²) in [4.78, 5) is 25.9. The minimum absolute atomic E-state index is 0.0689. The largest absolute Gasteiger partial charge is 0.477 e. The molecule has 0 aliphatic carbocycles. The van der Waals surface area contributed by atoms with E-state index in [0.717, 1.165) is 12.3 Å². The van der Waals surface area contributed by atoms with Crippen molar-refractivity contribution in [3.8, 4) is 11.5 Å². The normalized spacial score (nSPS) is 10.1. The fourth-order valence-electron chi connectivity index (χ4n) is 1.58. The number of nitrogens with two attached hydrogens (primary N) is 1. The van der Waals surface area contributed by atoms with Gasteiger partial charge in [0.05, 0.1) is 0 Å². The fraction of sp³-hybridized carbons (Fsp3) is 0. The van der Waals surface area contributed by atoms with Gasteiger partial charge in [-0.05, 0) is 12.1 Å². The van der Waals surface area contributed by atoms with Crippen molar-refractivity contribution in [2.24, 2.45) is 5.73 Å². The second-order valence-electron chi connectivity index (χ2n) is 3.76. The zero-order chi connectivity index (χ0) is 14.7. The van der Waals surface area contributed by atoms with Gasteiger partial charge in [0, 0.05) is 18.5 Å². The quantitative estimate of drug-likeness (QED) is 0.886. The average molecular weight is 276 g/mol. The summed E-state index contributed by atoms with van der Waals surface area (Å²) >= 11 is 0. The third-order valence-corrected chi connectivity index (χ3v) is 2.45. The van der Waals surface area contributed by atoms with E-state index in [9.17, 15) is 14.0 Å². The number of carboxylic acid groups (broad SMARTS) is 1. The lowest BCUT2D eigenvalue weighted by Gasteiger charge is -2.11. The Morgan fingerprint density at radius 3 is 2.65 bits per heavy atom. The number of nitrogens with zero attached hydrogens (tertiary/aromatic N) is 1. The molecule has 20 heavy (non-hydrogen) atoms. The molecule has 2 aromatic rings. The molecule has 1 aromatic heterocycles. The number of aromatic nitrogens is 1. The van der Waals surface area contributed by atoms with Crippen molar-refractivity contribution < 1.29 is 23.8 Å². The number of halogens is 1. The molecular formula is C13H9FN2O4. The van der Waals surface area contributed by atoms with Crippen molar-refractivity contribution in [2.45, 2.75) is 0 Å². The van der Waals surface area contributed by atoms with Crippen LogP contribution in [0.2, 0.25) is 0 Å². The SMILES string of the molecule is NC(=O)c1c(F)cccc1Oc1ccncc1C(=O)O. The maximum absolute atomic E-state index is 13.6. The van der Waals surface area contributed by atoms with Crippen LogP contribution in [0.15, 0.2) is 36.7 Å². The lowest BCUT2D eigenvalue weighted by atomic mass is 10.1. The molecule has 1 heterocycles. The minimum atomic E-state index is -1.26. The number of pyridine rings is 1. The van der Waals surface area contributed by atoms with E-state index in [4.69, 9.17) is 15.6 Å². The standard InChI is InChI=1S/C13H9FN2O4/c14-8-2-1-3-10(11(8)12(15)17)20-9-4-5-16-6-7(9)13(18)19/h1-6H,(H2,15,17)(H,18,19). The second kappa shape index (κ2) is 5.35. The average Bonchev–Trinajstić information content (AvgIpc) is 2.38. The van der Waals surface area contributed by atoms with Crippen LogP contribution in [0.1, 0.15) is 20.7 Å². The van der Waals surface area contributed by atoms with Crippen molar-refractivity contribution in [1.29, 1.82) is 0 Å². The Kier molecular flexibility index (Phi) is 3.60. The van der Waals surface area contributed by atoms with Crippen molar-refractivity contribution >= 4 is 11.9 Å². The predicted molar refractivity (Wildman–Crippen MR) is 66.2 cm³/mol. The Balaban J connectivity index is 2.49. The molecule has 0 bridgehead atoms. The number of aromatic carboxylic acids is 1. The number of amides is 1. The molecule has 102 valence electrons. The number of rotatable bonds is 4. The van der Waals surface area contributed by atoms with E-state index in [1.807, 2.05) is 0 Å². The van der Waals surface area contributed by atoms with Gasteiger partial charge in [0.2, 0.25) is 0 Å². The molecule has 7 heteroatoms. The van der Waals surface area contributed by atoms with Gasteiger partial charge in [0.25, 0.3) is 5.91 Å². The maximum Gasteiger partial charge on any atom is 0.341 e. The van der Waals surface area contributed by atoms with Crippen LogP contribution in [0.5, 0.6) is 11.5 Å². The number of ether oxygens (including phenoxy) is 1. The highest BCUT2D eigenvalue weighted by molar-refractivity contribution is 5.96. The van der Waals surface area contributed by atoms with Crippen LogP contribution in [0.4, 0.5) is 4.39 Å². The van der Waals surface area contributed by atoms with Crippen LogP contribution in [0.3, 0.4) is 0 Å². The Morgan fingerprint density at radius 1 is 1.25 bits per heavy atom. The van der Waals surface area contributed by atoms with Gasteiger partial charge < -0.3 is 15.6 Å². The third kappa shape index (κ3) is 2.56. The Morgan fingerprint density at radius 2 is 2.00 bits per heavy atom. The van der Waals surface area contributed by atoms with Crippen LogP contribution >= 0.6 is 0 Å². The topological polar surface area (TPSA) is 103 Å². The zero-order valence-corrected chi connectivity index (χ0v) is 10.0. The summed E-state index contributed by atoms with van der Waals surface area (Å²) in [5.41, 5.74) is 4.42. The second-order valence-corrected chi connectivity index (χ2v) is 3.76. The maximum atomic E-state index is 13.6. The summed E-state index contributed by atoms with van der Waals surface area (Å²) in [5.74, 6) is -3.35. The fourth-order valence-corrected chi connectivity index (χ4v) is 1.58. The summed E-state index contributed by atoms with van der Waals surface area (Å²) in [6.07, 6.45) is 2.39. The molecule has 0 saturated heterocycles. The first-order valence-corrected chi connectivity index (χ1v) is 5.44. The lowest BCUT2D eigenvalue weighted by molar-refractivity contribution is 0.0693. The summed E-state index contributed by atoms with van der Waals surface area (Å²) in [7, 11) is 0. The predicted octanol–water partition coefficient (Wildman–Crippen LogP) is 1.81. The number of carbonyl (C=O) groups is 2. The smallest absolute Gasteiger partial charge is 0.341 e. The molecular weight excluding hydrogens is 267 g/mol. The highest BCUT2D eigenvalue weighted by Crippen LogP contribution is 2.28. The Hall–Kier alpha value is -2.96. The van der Waals surface area contributed by atoms with Crippen LogP contribution in [0, 0.1) is 5.82 Å². The van der Waals surface area contributed by atoms with Gasteiger partial charge in [-0.15, -0.1) is 0 Å². The first-order valence-electron chi connectivity index (χ1n) is 5.44. The summed E-state index contributed by atoms with van der Waals surface area (Å²) in [6, 6.07) is 4.98. The number of carboxylic acids is 1. The van der Waals surface area contributed by atoms with Crippen molar-refractivity contribution in [1.82, 2.24) is 4.98 Å². The summed E-state index contributed by atoms with van der Waals surface area (Å²) in [5, 5.41) is 8.99. The van der Waals surface area contributed by atoms with Gasteiger partial charge in [-0.1, -0.05) is 6.07 Å². The zero-order valence-electron chi connectivity index (χ0n) is 10.0. The monoisotopic (exact) mass is 276 g/mol. The molecule has 0 fully saturated rings. The molecule has 0 radical (unpaired) electrons. The van der Waals surface area contributed by atoms with Gasteiger partial charge in [0.15, 0.2) is 0 Å². The Labute approximate surface area is 112 Å². The first kappa shape index (κ1) is 13.5. The van der Waals surface area contributed by atoms with Crippen LogP contribution < -0.4 is 10.5 Å². The molecule has 0 unspecified atom stereocenters. The van der Waals surface area contributed by atoms with Gasteiger partial charge >= 0.3 is 5.97 Å². The third-order valence-electron chi connectivity index (χ3n) is 2.45. The van der Waals surface area contributed by atoms with Crippen molar-refractivity contribution in [2.75, 3.05) is 0 Å².